The van der Waals surface area contributed by atoms with Gasteiger partial charge in [0.1, 0.15) is 0 Å². The van der Waals surface area contributed by atoms with Crippen LogP contribution in [0.2, 0.25) is 0 Å². The lowest BCUT2D eigenvalue weighted by atomic mass is 10.3. The number of carbonyl (C=O) groups excluding carboxylic acids is 1. The monoisotopic (exact) mass is 169 g/mol. The summed E-state index contributed by atoms with van der Waals surface area (Å²) in [5.74, 6) is -0.426. The molecule has 2 aliphatic heterocycles. The number of hydrogen-bond acceptors (Lipinski definition) is 5. The van der Waals surface area contributed by atoms with E-state index in [-0.39, 0.29) is 16.8 Å². The van der Waals surface area contributed by atoms with E-state index < -0.39 is 5.91 Å². The highest BCUT2D eigenvalue weighted by Crippen LogP contribution is 2.08. The standard InChI is InChI=1S/C4ClN5O/c5-4-6-1-2(7-4)8-10-9-3(1)11. The Labute approximate surface area is 65.4 Å². The first-order chi connectivity index (χ1) is 5.27. The predicted molar refractivity (Wildman–Crippen MR) is 38.0 cm³/mol. The van der Waals surface area contributed by atoms with Crippen LogP contribution in [0.5, 0.6) is 0 Å². The van der Waals surface area contributed by atoms with Crippen molar-refractivity contribution in [3.8, 4) is 0 Å². The zero-order valence-corrected chi connectivity index (χ0v) is 5.78. The maximum absolute atomic E-state index is 10.8. The smallest absolute Gasteiger partial charge is 0.263 e. The van der Waals surface area contributed by atoms with Crippen LogP contribution in [0.4, 0.5) is 0 Å². The van der Waals surface area contributed by atoms with Gasteiger partial charge in [0, 0.05) is 0 Å². The Kier molecular flexibility index (Phi) is 1.16. The molecule has 2 rings (SSSR count). The fourth-order valence-corrected chi connectivity index (χ4v) is 0.838. The van der Waals surface area contributed by atoms with Crippen molar-refractivity contribution in [2.45, 2.75) is 0 Å². The Morgan fingerprint density at radius 3 is 2.82 bits per heavy atom. The minimum absolute atomic E-state index is 0.0144. The average molecular weight is 170 g/mol. The van der Waals surface area contributed by atoms with Gasteiger partial charge in [0.15, 0.2) is 5.71 Å². The third kappa shape index (κ3) is 0.874. The third-order valence-corrected chi connectivity index (χ3v) is 1.26. The highest BCUT2D eigenvalue weighted by atomic mass is 35.5. The lowest BCUT2D eigenvalue weighted by molar-refractivity contribution is -0.112. The van der Waals surface area contributed by atoms with Crippen molar-refractivity contribution in [1.29, 1.82) is 0 Å². The number of rotatable bonds is 0. The number of nitrogens with zero attached hydrogens (tertiary/aromatic N) is 5. The molecular weight excluding hydrogens is 170 g/mol. The number of halogens is 1. The molecular formula is C4ClN5O. The highest BCUT2D eigenvalue weighted by molar-refractivity contribution is 6.78. The summed E-state index contributed by atoms with van der Waals surface area (Å²) in [7, 11) is 0. The van der Waals surface area contributed by atoms with E-state index in [1.165, 1.54) is 0 Å². The van der Waals surface area contributed by atoms with E-state index in [4.69, 9.17) is 11.6 Å². The van der Waals surface area contributed by atoms with Crippen LogP contribution in [0.15, 0.2) is 25.4 Å². The summed E-state index contributed by atoms with van der Waals surface area (Å²) in [5.41, 5.74) is 0.0602. The summed E-state index contributed by atoms with van der Waals surface area (Å²) >= 11 is 5.40. The Morgan fingerprint density at radius 1 is 1.27 bits per heavy atom. The number of carbonyl (C=O) groups is 1. The number of hydrogen-bond donors (Lipinski definition) is 0. The van der Waals surface area contributed by atoms with Crippen molar-refractivity contribution in [3.05, 3.63) is 0 Å². The lowest BCUT2D eigenvalue weighted by Crippen LogP contribution is -2.20. The molecule has 0 aromatic rings. The van der Waals surface area contributed by atoms with Crippen molar-refractivity contribution < 1.29 is 4.79 Å². The molecule has 6 nitrogen and oxygen atoms in total. The molecule has 0 saturated carbocycles. The van der Waals surface area contributed by atoms with E-state index in [1.54, 1.807) is 0 Å². The molecule has 54 valence electrons. The molecule has 0 saturated heterocycles. The summed E-state index contributed by atoms with van der Waals surface area (Å²) in [6, 6.07) is 0. The molecule has 0 radical (unpaired) electrons. The Morgan fingerprint density at radius 2 is 2.09 bits per heavy atom. The second-order valence-corrected chi connectivity index (χ2v) is 2.10. The van der Waals surface area contributed by atoms with E-state index in [0.29, 0.717) is 0 Å². The molecule has 2 heterocycles. The molecule has 0 atom stereocenters. The summed E-state index contributed by atoms with van der Waals surface area (Å²) in [6.07, 6.45) is 0. The van der Waals surface area contributed by atoms with Gasteiger partial charge < -0.3 is 0 Å². The SMILES string of the molecule is O=C1N=NN=C2N=C(Cl)N=C12. The first-order valence-electron chi connectivity index (χ1n) is 2.63. The molecule has 0 aliphatic carbocycles. The molecule has 0 aromatic heterocycles. The Hall–Kier alpha value is -1.43. The lowest BCUT2D eigenvalue weighted by Gasteiger charge is -1.94. The summed E-state index contributed by atoms with van der Waals surface area (Å²) in [4.78, 5) is 18.0. The van der Waals surface area contributed by atoms with Crippen LogP contribution in [0.25, 0.3) is 0 Å². The number of amidine groups is 2. The zero-order chi connectivity index (χ0) is 7.84. The van der Waals surface area contributed by atoms with Gasteiger partial charge in [-0.3, -0.25) is 4.79 Å². The molecule has 1 amide bonds. The largest absolute Gasteiger partial charge is 0.319 e. The molecule has 11 heavy (non-hydrogen) atoms. The van der Waals surface area contributed by atoms with Gasteiger partial charge in [0.25, 0.3) is 0 Å². The van der Waals surface area contributed by atoms with Crippen molar-refractivity contribution in [2.75, 3.05) is 0 Å². The predicted octanol–water partition coefficient (Wildman–Crippen LogP) is 0.342. The Balaban J connectivity index is 2.53. The van der Waals surface area contributed by atoms with Gasteiger partial charge in [-0.1, -0.05) is 5.11 Å². The number of aliphatic imine (C=N–C) groups is 2. The minimum Gasteiger partial charge on any atom is -0.263 e. The van der Waals surface area contributed by atoms with Gasteiger partial charge in [0.05, 0.1) is 0 Å². The van der Waals surface area contributed by atoms with Gasteiger partial charge in [-0.15, -0.1) is 5.10 Å². The van der Waals surface area contributed by atoms with Crippen molar-refractivity contribution >= 4 is 34.4 Å². The maximum Gasteiger partial charge on any atom is 0.319 e. The third-order valence-electron chi connectivity index (χ3n) is 1.09. The second-order valence-electron chi connectivity index (χ2n) is 1.76. The molecule has 0 bridgehead atoms. The summed E-state index contributed by atoms with van der Waals surface area (Å²) < 4.78 is 0. The molecule has 0 spiro atoms. The first-order valence-corrected chi connectivity index (χ1v) is 3.01. The molecule has 7 heteroatoms. The topological polar surface area (TPSA) is 78.9 Å². The molecule has 0 unspecified atom stereocenters. The van der Waals surface area contributed by atoms with E-state index in [9.17, 15) is 4.79 Å². The summed E-state index contributed by atoms with van der Waals surface area (Å²) in [6.45, 7) is 0. The first kappa shape index (κ1) is 6.29. The van der Waals surface area contributed by atoms with Crippen LogP contribution in [0, 0.1) is 0 Å². The molecule has 0 fully saturated rings. The fourth-order valence-electron chi connectivity index (χ4n) is 0.673. The van der Waals surface area contributed by atoms with E-state index in [1.807, 2.05) is 0 Å². The number of fused-ring (bicyclic) bond motifs is 1. The van der Waals surface area contributed by atoms with E-state index in [0.717, 1.165) is 0 Å². The van der Waals surface area contributed by atoms with Crippen molar-refractivity contribution in [1.82, 2.24) is 0 Å². The normalized spacial score (nSPS) is 20.8. The maximum atomic E-state index is 10.8. The van der Waals surface area contributed by atoms with Crippen molar-refractivity contribution in [2.24, 2.45) is 25.4 Å². The second kappa shape index (κ2) is 2.03. The van der Waals surface area contributed by atoms with Gasteiger partial charge in [-0.05, 0) is 16.8 Å². The zero-order valence-electron chi connectivity index (χ0n) is 5.02. The molecule has 0 aromatic carbocycles. The molecule has 0 N–H and O–H groups in total. The van der Waals surface area contributed by atoms with Gasteiger partial charge in [-0.2, -0.15) is 4.99 Å². The average Bonchev–Trinajstić information content (AvgIpc) is 2.31. The van der Waals surface area contributed by atoms with Crippen LogP contribution >= 0.6 is 11.6 Å². The fraction of sp³-hybridized carbons (Fsp3) is 0. The van der Waals surface area contributed by atoms with Crippen LogP contribution < -0.4 is 0 Å². The van der Waals surface area contributed by atoms with Crippen LogP contribution in [-0.4, -0.2) is 22.7 Å². The molecule has 2 aliphatic rings. The minimum atomic E-state index is -0.561. The Bertz CT molecular complexity index is 351. The van der Waals surface area contributed by atoms with Gasteiger partial charge >= 0.3 is 5.91 Å². The summed E-state index contributed by atoms with van der Waals surface area (Å²) in [5, 5.41) is 9.72. The van der Waals surface area contributed by atoms with E-state index in [2.05, 4.69) is 25.4 Å². The van der Waals surface area contributed by atoms with Crippen LogP contribution in [0.3, 0.4) is 0 Å². The number of amides is 1. The van der Waals surface area contributed by atoms with Gasteiger partial charge in [0.2, 0.25) is 11.1 Å². The quantitative estimate of drug-likeness (QED) is 0.482. The van der Waals surface area contributed by atoms with Crippen LogP contribution in [-0.2, 0) is 4.79 Å². The highest BCUT2D eigenvalue weighted by Gasteiger charge is 2.26. The van der Waals surface area contributed by atoms with Crippen LogP contribution in [0.1, 0.15) is 0 Å². The van der Waals surface area contributed by atoms with E-state index >= 15 is 0 Å². The van der Waals surface area contributed by atoms with Gasteiger partial charge in [-0.25, -0.2) is 4.99 Å². The van der Waals surface area contributed by atoms with Crippen molar-refractivity contribution in [3.63, 3.8) is 0 Å².